The highest BCUT2D eigenvalue weighted by atomic mass is 16.5. The van der Waals surface area contributed by atoms with Crippen molar-refractivity contribution in [3.05, 3.63) is 34.6 Å². The van der Waals surface area contributed by atoms with Crippen LogP contribution in [-0.4, -0.2) is 13.7 Å². The maximum atomic E-state index is 6.10. The number of rotatable bonds is 6. The van der Waals surface area contributed by atoms with Gasteiger partial charge in [-0.25, -0.2) is 0 Å². The summed E-state index contributed by atoms with van der Waals surface area (Å²) in [5.74, 6) is 1.63. The second-order valence-electron chi connectivity index (χ2n) is 5.87. The summed E-state index contributed by atoms with van der Waals surface area (Å²) in [5, 5.41) is 4.67. The molecule has 0 aliphatic heterocycles. The van der Waals surface area contributed by atoms with Crippen LogP contribution in [0.4, 0.5) is 0 Å². The zero-order chi connectivity index (χ0) is 14.7. The van der Waals surface area contributed by atoms with Gasteiger partial charge in [0.15, 0.2) is 0 Å². The van der Waals surface area contributed by atoms with Gasteiger partial charge in [-0.1, -0.05) is 26.0 Å². The minimum atomic E-state index is 0.593. The van der Waals surface area contributed by atoms with Crippen LogP contribution in [0.5, 0.6) is 0 Å². The van der Waals surface area contributed by atoms with E-state index < -0.39 is 0 Å². The first kappa shape index (κ1) is 15.1. The van der Waals surface area contributed by atoms with Crippen LogP contribution in [0.15, 0.2) is 16.5 Å². The van der Waals surface area contributed by atoms with Crippen molar-refractivity contribution in [1.82, 2.24) is 5.32 Å². The van der Waals surface area contributed by atoms with Crippen LogP contribution in [0, 0.1) is 19.8 Å². The largest absolute Gasteiger partial charge is 0.459 e. The predicted molar refractivity (Wildman–Crippen MR) is 82.9 cm³/mol. The standard InChI is InChI=1S/C17H25NO2/c1-11(2)8-18-9-15-14(10-19-5)16-12(3)6-7-13(4)17(16)20-15/h6-7,11,18H,8-10H2,1-5H3. The van der Waals surface area contributed by atoms with E-state index in [1.165, 1.54) is 22.1 Å². The third kappa shape index (κ3) is 3.05. The Bertz CT molecular complexity index is 584. The zero-order valence-corrected chi connectivity index (χ0v) is 13.2. The lowest BCUT2D eigenvalue weighted by Crippen LogP contribution is -2.19. The topological polar surface area (TPSA) is 34.4 Å². The molecule has 0 amide bonds. The van der Waals surface area contributed by atoms with E-state index in [1.807, 2.05) is 0 Å². The normalized spacial score (nSPS) is 11.7. The van der Waals surface area contributed by atoms with E-state index in [1.54, 1.807) is 7.11 Å². The van der Waals surface area contributed by atoms with Gasteiger partial charge in [0.1, 0.15) is 11.3 Å². The molecular formula is C17H25NO2. The van der Waals surface area contributed by atoms with Crippen molar-refractivity contribution in [1.29, 1.82) is 0 Å². The monoisotopic (exact) mass is 275 g/mol. The zero-order valence-electron chi connectivity index (χ0n) is 13.2. The fraction of sp³-hybridized carbons (Fsp3) is 0.529. The lowest BCUT2D eigenvalue weighted by molar-refractivity contribution is 0.183. The Hall–Kier alpha value is -1.32. The van der Waals surface area contributed by atoms with Crippen LogP contribution in [0.1, 0.15) is 36.3 Å². The number of ether oxygens (including phenoxy) is 1. The number of furan rings is 1. The SMILES string of the molecule is COCc1c(CNCC(C)C)oc2c(C)ccc(C)c12. The highest BCUT2D eigenvalue weighted by molar-refractivity contribution is 5.88. The molecule has 0 unspecified atom stereocenters. The summed E-state index contributed by atoms with van der Waals surface area (Å²) in [6.45, 7) is 11.0. The van der Waals surface area contributed by atoms with Crippen LogP contribution in [-0.2, 0) is 17.9 Å². The molecule has 110 valence electrons. The summed E-state index contributed by atoms with van der Waals surface area (Å²) >= 11 is 0. The van der Waals surface area contributed by atoms with E-state index in [0.717, 1.165) is 24.4 Å². The molecule has 0 saturated carbocycles. The lowest BCUT2D eigenvalue weighted by atomic mass is 10.0. The fourth-order valence-corrected chi connectivity index (χ4v) is 2.53. The Morgan fingerprint density at radius 3 is 2.55 bits per heavy atom. The van der Waals surface area contributed by atoms with E-state index >= 15 is 0 Å². The van der Waals surface area contributed by atoms with Gasteiger partial charge in [0.2, 0.25) is 0 Å². The second-order valence-corrected chi connectivity index (χ2v) is 5.87. The Labute approximate surface area is 121 Å². The second kappa shape index (κ2) is 6.42. The highest BCUT2D eigenvalue weighted by Gasteiger charge is 2.17. The summed E-state index contributed by atoms with van der Waals surface area (Å²) in [6.07, 6.45) is 0. The third-order valence-corrected chi connectivity index (χ3v) is 3.55. The fourth-order valence-electron chi connectivity index (χ4n) is 2.53. The maximum Gasteiger partial charge on any atom is 0.137 e. The van der Waals surface area contributed by atoms with Crippen molar-refractivity contribution in [2.45, 2.75) is 40.8 Å². The van der Waals surface area contributed by atoms with Gasteiger partial charge in [-0.3, -0.25) is 0 Å². The predicted octanol–water partition coefficient (Wildman–Crippen LogP) is 3.94. The van der Waals surface area contributed by atoms with Crippen LogP contribution in [0.2, 0.25) is 0 Å². The molecule has 1 aromatic carbocycles. The van der Waals surface area contributed by atoms with Crippen LogP contribution >= 0.6 is 0 Å². The maximum absolute atomic E-state index is 6.10. The highest BCUT2D eigenvalue weighted by Crippen LogP contribution is 2.31. The molecule has 1 heterocycles. The van der Waals surface area contributed by atoms with Crippen molar-refractivity contribution in [3.63, 3.8) is 0 Å². The quantitative estimate of drug-likeness (QED) is 0.867. The van der Waals surface area contributed by atoms with Crippen molar-refractivity contribution < 1.29 is 9.15 Å². The molecule has 2 rings (SSSR count). The number of benzene rings is 1. The van der Waals surface area contributed by atoms with Gasteiger partial charge in [0, 0.05) is 18.1 Å². The molecule has 2 aromatic rings. The van der Waals surface area contributed by atoms with Gasteiger partial charge in [-0.15, -0.1) is 0 Å². The number of methoxy groups -OCH3 is 1. The van der Waals surface area contributed by atoms with E-state index in [2.05, 4.69) is 45.1 Å². The molecule has 0 radical (unpaired) electrons. The number of hydrogen-bond donors (Lipinski definition) is 1. The Morgan fingerprint density at radius 2 is 1.90 bits per heavy atom. The summed E-state index contributed by atoms with van der Waals surface area (Å²) in [7, 11) is 1.73. The molecule has 0 spiro atoms. The summed E-state index contributed by atoms with van der Waals surface area (Å²) in [5.41, 5.74) is 4.60. The molecule has 1 N–H and O–H groups in total. The molecule has 1 aromatic heterocycles. The first-order valence-electron chi connectivity index (χ1n) is 7.24. The lowest BCUT2D eigenvalue weighted by Gasteiger charge is -2.07. The third-order valence-electron chi connectivity index (χ3n) is 3.55. The van der Waals surface area contributed by atoms with E-state index in [0.29, 0.717) is 12.5 Å². The van der Waals surface area contributed by atoms with Crippen molar-refractivity contribution in [3.8, 4) is 0 Å². The molecule has 3 heteroatoms. The smallest absolute Gasteiger partial charge is 0.137 e. The van der Waals surface area contributed by atoms with E-state index in [4.69, 9.17) is 9.15 Å². The average molecular weight is 275 g/mol. The van der Waals surface area contributed by atoms with Crippen LogP contribution in [0.25, 0.3) is 11.0 Å². The van der Waals surface area contributed by atoms with Crippen LogP contribution < -0.4 is 5.32 Å². The van der Waals surface area contributed by atoms with Crippen molar-refractivity contribution in [2.75, 3.05) is 13.7 Å². The van der Waals surface area contributed by atoms with Gasteiger partial charge in [-0.05, 0) is 37.4 Å². The van der Waals surface area contributed by atoms with Crippen molar-refractivity contribution >= 4 is 11.0 Å². The first-order valence-corrected chi connectivity index (χ1v) is 7.24. The molecule has 0 fully saturated rings. The van der Waals surface area contributed by atoms with Gasteiger partial charge in [0.05, 0.1) is 13.2 Å². The van der Waals surface area contributed by atoms with Gasteiger partial charge in [-0.2, -0.15) is 0 Å². The molecule has 20 heavy (non-hydrogen) atoms. The number of fused-ring (bicyclic) bond motifs is 1. The Kier molecular flexibility index (Phi) is 4.84. The summed E-state index contributed by atoms with van der Waals surface area (Å²) < 4.78 is 11.5. The first-order chi connectivity index (χ1) is 9.54. The Morgan fingerprint density at radius 1 is 1.20 bits per heavy atom. The molecule has 0 saturated heterocycles. The number of nitrogens with one attached hydrogen (secondary N) is 1. The number of hydrogen-bond acceptors (Lipinski definition) is 3. The molecule has 0 bridgehead atoms. The van der Waals surface area contributed by atoms with Crippen LogP contribution in [0.3, 0.4) is 0 Å². The Balaban J connectivity index is 2.40. The summed E-state index contributed by atoms with van der Waals surface area (Å²) in [4.78, 5) is 0. The molecular weight excluding hydrogens is 250 g/mol. The van der Waals surface area contributed by atoms with Gasteiger partial charge >= 0.3 is 0 Å². The molecule has 0 aliphatic carbocycles. The molecule has 3 nitrogen and oxygen atoms in total. The van der Waals surface area contributed by atoms with Gasteiger partial charge < -0.3 is 14.5 Å². The summed E-state index contributed by atoms with van der Waals surface area (Å²) in [6, 6.07) is 4.26. The average Bonchev–Trinajstić information content (AvgIpc) is 2.75. The minimum Gasteiger partial charge on any atom is -0.459 e. The van der Waals surface area contributed by atoms with Crippen molar-refractivity contribution in [2.24, 2.45) is 5.92 Å². The minimum absolute atomic E-state index is 0.593. The number of aryl methyl sites for hydroxylation is 2. The van der Waals surface area contributed by atoms with E-state index in [9.17, 15) is 0 Å². The molecule has 0 aliphatic rings. The van der Waals surface area contributed by atoms with Gasteiger partial charge in [0.25, 0.3) is 0 Å². The molecule has 0 atom stereocenters. The van der Waals surface area contributed by atoms with E-state index in [-0.39, 0.29) is 0 Å².